The third kappa shape index (κ3) is 2.96. The van der Waals surface area contributed by atoms with Gasteiger partial charge >= 0.3 is 0 Å². The van der Waals surface area contributed by atoms with Gasteiger partial charge in [-0.2, -0.15) is 5.10 Å². The Balaban J connectivity index is 2.61. The number of aromatic nitrogens is 2. The van der Waals surface area contributed by atoms with Crippen LogP contribution in [0, 0.1) is 0 Å². The van der Waals surface area contributed by atoms with Gasteiger partial charge in [0.15, 0.2) is 5.78 Å². The van der Waals surface area contributed by atoms with Crippen LogP contribution in [0.4, 0.5) is 0 Å². The summed E-state index contributed by atoms with van der Waals surface area (Å²) in [5.74, 6) is -0.252. The Hall–Kier alpha value is -1.94. The molecule has 2 rings (SSSR count). The van der Waals surface area contributed by atoms with E-state index in [2.05, 4.69) is 5.10 Å². The van der Waals surface area contributed by atoms with E-state index in [0.717, 1.165) is 12.0 Å². The highest BCUT2D eigenvalue weighted by Gasteiger charge is 2.12. The van der Waals surface area contributed by atoms with Gasteiger partial charge in [-0.25, -0.2) is 4.68 Å². The summed E-state index contributed by atoms with van der Waals surface area (Å²) in [6.07, 6.45) is 0.772. The normalized spacial score (nSPS) is 10.6. The van der Waals surface area contributed by atoms with E-state index in [-0.39, 0.29) is 16.9 Å². The summed E-state index contributed by atoms with van der Waals surface area (Å²) in [7, 11) is 0. The van der Waals surface area contributed by atoms with Crippen molar-refractivity contribution < 1.29 is 4.79 Å². The number of Topliss-reactive ketones (excluding diaryl/α,β-unsaturated/α-hetero) is 1. The first-order chi connectivity index (χ1) is 9.52. The fourth-order valence-corrected chi connectivity index (χ4v) is 2.05. The molecule has 0 unspecified atom stereocenters. The van der Waals surface area contributed by atoms with Crippen LogP contribution in [-0.4, -0.2) is 15.6 Å². The summed E-state index contributed by atoms with van der Waals surface area (Å²) in [5.41, 5.74) is 1.25. The molecule has 2 aromatic rings. The second-order valence-electron chi connectivity index (χ2n) is 4.53. The maximum absolute atomic E-state index is 12.1. The van der Waals surface area contributed by atoms with Crippen LogP contribution in [0.5, 0.6) is 0 Å². The van der Waals surface area contributed by atoms with Gasteiger partial charge in [-0.3, -0.25) is 9.59 Å². The number of halogens is 1. The molecule has 0 amide bonds. The molecule has 0 N–H and O–H groups in total. The molecular formula is C15H15ClN2O2. The fourth-order valence-electron chi connectivity index (χ4n) is 1.92. The van der Waals surface area contributed by atoms with Crippen molar-refractivity contribution in [2.24, 2.45) is 0 Å². The van der Waals surface area contributed by atoms with Gasteiger partial charge < -0.3 is 0 Å². The van der Waals surface area contributed by atoms with Gasteiger partial charge in [-0.15, -0.1) is 0 Å². The molecular weight excluding hydrogens is 276 g/mol. The van der Waals surface area contributed by atoms with E-state index in [0.29, 0.717) is 17.3 Å². The Labute approximate surface area is 122 Å². The van der Waals surface area contributed by atoms with E-state index < -0.39 is 0 Å². The maximum Gasteiger partial charge on any atom is 0.277 e. The summed E-state index contributed by atoms with van der Waals surface area (Å²) in [5, 5.41) is 4.94. The van der Waals surface area contributed by atoms with Crippen molar-refractivity contribution in [2.45, 2.75) is 26.8 Å². The first-order valence-electron chi connectivity index (χ1n) is 6.42. The van der Waals surface area contributed by atoms with E-state index in [1.54, 1.807) is 18.2 Å². The molecule has 1 heterocycles. The molecule has 1 aromatic carbocycles. The zero-order valence-electron chi connectivity index (χ0n) is 11.4. The Kier molecular flexibility index (Phi) is 4.35. The fraction of sp³-hybridized carbons (Fsp3) is 0.267. The largest absolute Gasteiger partial charge is 0.294 e. The second kappa shape index (κ2) is 6.01. The summed E-state index contributed by atoms with van der Waals surface area (Å²) in [6.45, 7) is 3.83. The SMILES string of the molecule is CCCn1nc(-c2ccc(Cl)cc2)cc(C(C)=O)c1=O. The molecule has 0 aliphatic rings. The molecule has 20 heavy (non-hydrogen) atoms. The third-order valence-electron chi connectivity index (χ3n) is 2.93. The highest BCUT2D eigenvalue weighted by Crippen LogP contribution is 2.19. The van der Waals surface area contributed by atoms with Gasteiger partial charge in [0.05, 0.1) is 11.3 Å². The lowest BCUT2D eigenvalue weighted by Crippen LogP contribution is -2.28. The van der Waals surface area contributed by atoms with Gasteiger partial charge in [-0.1, -0.05) is 30.7 Å². The lowest BCUT2D eigenvalue weighted by atomic mass is 10.1. The predicted octanol–water partition coefficient (Wildman–Crippen LogP) is 3.18. The number of carbonyl (C=O) groups is 1. The number of aryl methyl sites for hydroxylation is 1. The van der Waals surface area contributed by atoms with Gasteiger partial charge in [0.25, 0.3) is 5.56 Å². The molecule has 0 aliphatic carbocycles. The minimum Gasteiger partial charge on any atom is -0.294 e. The Morgan fingerprint density at radius 3 is 2.50 bits per heavy atom. The number of benzene rings is 1. The van der Waals surface area contributed by atoms with Crippen molar-refractivity contribution in [1.82, 2.24) is 9.78 Å². The number of rotatable bonds is 4. The standard InChI is InChI=1S/C15H15ClN2O2/c1-3-8-18-15(20)13(10(2)19)9-14(17-18)11-4-6-12(16)7-5-11/h4-7,9H,3,8H2,1-2H3. The molecule has 5 heteroatoms. The molecule has 0 saturated carbocycles. The Morgan fingerprint density at radius 1 is 1.30 bits per heavy atom. The predicted molar refractivity (Wildman–Crippen MR) is 79.2 cm³/mol. The van der Waals surface area contributed by atoms with Crippen LogP contribution in [0.25, 0.3) is 11.3 Å². The van der Waals surface area contributed by atoms with Crippen LogP contribution in [0.2, 0.25) is 5.02 Å². The minimum absolute atomic E-state index is 0.165. The number of hydrogen-bond acceptors (Lipinski definition) is 3. The van der Waals surface area contributed by atoms with Crippen molar-refractivity contribution in [3.8, 4) is 11.3 Å². The van der Waals surface area contributed by atoms with Crippen LogP contribution >= 0.6 is 11.6 Å². The average Bonchev–Trinajstić information content (AvgIpc) is 2.42. The summed E-state index contributed by atoms with van der Waals surface area (Å²) >= 11 is 5.86. The van der Waals surface area contributed by atoms with Crippen molar-refractivity contribution in [1.29, 1.82) is 0 Å². The van der Waals surface area contributed by atoms with Crippen molar-refractivity contribution in [3.63, 3.8) is 0 Å². The molecule has 0 radical (unpaired) electrons. The monoisotopic (exact) mass is 290 g/mol. The highest BCUT2D eigenvalue weighted by molar-refractivity contribution is 6.30. The zero-order valence-corrected chi connectivity index (χ0v) is 12.1. The molecule has 0 aliphatic heterocycles. The van der Waals surface area contributed by atoms with E-state index in [4.69, 9.17) is 11.6 Å². The molecule has 0 atom stereocenters. The summed E-state index contributed by atoms with van der Waals surface area (Å²) < 4.78 is 1.35. The number of ketones is 1. The van der Waals surface area contributed by atoms with Crippen LogP contribution in [0.1, 0.15) is 30.6 Å². The van der Waals surface area contributed by atoms with Gasteiger partial charge in [0, 0.05) is 17.1 Å². The van der Waals surface area contributed by atoms with Crippen LogP contribution in [0.15, 0.2) is 35.1 Å². The molecule has 0 saturated heterocycles. The first-order valence-corrected chi connectivity index (χ1v) is 6.79. The van der Waals surface area contributed by atoms with Gasteiger partial charge in [-0.05, 0) is 31.5 Å². The second-order valence-corrected chi connectivity index (χ2v) is 4.97. The quantitative estimate of drug-likeness (QED) is 0.813. The minimum atomic E-state index is -0.336. The molecule has 0 spiro atoms. The van der Waals surface area contributed by atoms with Gasteiger partial charge in [0.1, 0.15) is 0 Å². The van der Waals surface area contributed by atoms with E-state index in [9.17, 15) is 9.59 Å². The highest BCUT2D eigenvalue weighted by atomic mass is 35.5. The summed E-state index contributed by atoms with van der Waals surface area (Å²) in [4.78, 5) is 23.7. The van der Waals surface area contributed by atoms with E-state index in [1.165, 1.54) is 11.6 Å². The van der Waals surface area contributed by atoms with Crippen molar-refractivity contribution >= 4 is 17.4 Å². The molecule has 0 fully saturated rings. The van der Waals surface area contributed by atoms with Crippen molar-refractivity contribution in [3.05, 3.63) is 51.3 Å². The van der Waals surface area contributed by atoms with Crippen LogP contribution in [-0.2, 0) is 6.54 Å². The maximum atomic E-state index is 12.1. The molecule has 104 valence electrons. The number of hydrogen-bond donors (Lipinski definition) is 0. The zero-order chi connectivity index (χ0) is 14.7. The number of carbonyl (C=O) groups excluding carboxylic acids is 1. The lowest BCUT2D eigenvalue weighted by molar-refractivity contribution is 0.101. The number of nitrogens with zero attached hydrogens (tertiary/aromatic N) is 2. The smallest absolute Gasteiger partial charge is 0.277 e. The molecule has 1 aromatic heterocycles. The summed E-state index contributed by atoms with van der Waals surface area (Å²) in [6, 6.07) is 8.67. The third-order valence-corrected chi connectivity index (χ3v) is 3.18. The topological polar surface area (TPSA) is 52.0 Å². The van der Waals surface area contributed by atoms with E-state index >= 15 is 0 Å². The van der Waals surface area contributed by atoms with Crippen LogP contribution < -0.4 is 5.56 Å². The first kappa shape index (κ1) is 14.5. The van der Waals surface area contributed by atoms with E-state index in [1.807, 2.05) is 19.1 Å². The Morgan fingerprint density at radius 2 is 1.95 bits per heavy atom. The van der Waals surface area contributed by atoms with Gasteiger partial charge in [0.2, 0.25) is 0 Å². The average molecular weight is 291 g/mol. The van der Waals surface area contributed by atoms with Crippen molar-refractivity contribution in [2.75, 3.05) is 0 Å². The lowest BCUT2D eigenvalue weighted by Gasteiger charge is -2.08. The van der Waals surface area contributed by atoms with Crippen LogP contribution in [0.3, 0.4) is 0 Å². The molecule has 4 nitrogen and oxygen atoms in total. The Bertz CT molecular complexity index is 690. The molecule has 0 bridgehead atoms.